The topological polar surface area (TPSA) is 33.7 Å². The maximum absolute atomic E-state index is 5.41. The maximum atomic E-state index is 5.41. The van der Waals surface area contributed by atoms with Crippen LogP contribution in [0.1, 0.15) is 13.3 Å². The lowest BCUT2D eigenvalue weighted by Gasteiger charge is -2.20. The molecule has 1 unspecified atom stereocenters. The molecular weight excluding hydrogens is 192 g/mol. The van der Waals surface area contributed by atoms with Crippen LogP contribution in [-0.4, -0.2) is 64.1 Å². The molecule has 1 saturated heterocycles. The standard InChI is InChI=1S/C11H24N2O2/c1-11(10-14-2)12-4-6-13-5-3-8-15-9-7-13/h11-12H,3-10H2,1-2H3. The summed E-state index contributed by atoms with van der Waals surface area (Å²) < 4.78 is 10.5. The van der Waals surface area contributed by atoms with Crippen molar-refractivity contribution in [1.82, 2.24) is 10.2 Å². The van der Waals surface area contributed by atoms with E-state index in [1.807, 2.05) is 0 Å². The summed E-state index contributed by atoms with van der Waals surface area (Å²) in [7, 11) is 1.74. The van der Waals surface area contributed by atoms with Crippen LogP contribution in [0.2, 0.25) is 0 Å². The number of hydrogen-bond donors (Lipinski definition) is 1. The van der Waals surface area contributed by atoms with Gasteiger partial charge in [0.25, 0.3) is 0 Å². The minimum Gasteiger partial charge on any atom is -0.383 e. The highest BCUT2D eigenvalue weighted by molar-refractivity contribution is 4.65. The van der Waals surface area contributed by atoms with Crippen molar-refractivity contribution in [2.45, 2.75) is 19.4 Å². The fraction of sp³-hybridized carbons (Fsp3) is 1.00. The van der Waals surface area contributed by atoms with Crippen LogP contribution in [0.5, 0.6) is 0 Å². The molecule has 0 spiro atoms. The lowest BCUT2D eigenvalue weighted by molar-refractivity contribution is 0.140. The van der Waals surface area contributed by atoms with Gasteiger partial charge < -0.3 is 14.8 Å². The average Bonchev–Trinajstić information content (AvgIpc) is 2.47. The van der Waals surface area contributed by atoms with Gasteiger partial charge in [-0.15, -0.1) is 0 Å². The van der Waals surface area contributed by atoms with Crippen LogP contribution in [0, 0.1) is 0 Å². The largest absolute Gasteiger partial charge is 0.383 e. The highest BCUT2D eigenvalue weighted by atomic mass is 16.5. The number of nitrogens with one attached hydrogen (secondary N) is 1. The normalized spacial score (nSPS) is 21.2. The Balaban J connectivity index is 2.02. The van der Waals surface area contributed by atoms with E-state index < -0.39 is 0 Å². The van der Waals surface area contributed by atoms with Crippen LogP contribution >= 0.6 is 0 Å². The zero-order valence-electron chi connectivity index (χ0n) is 10.00. The fourth-order valence-corrected chi connectivity index (χ4v) is 1.80. The monoisotopic (exact) mass is 216 g/mol. The van der Waals surface area contributed by atoms with Crippen LogP contribution in [-0.2, 0) is 9.47 Å². The molecule has 1 heterocycles. The Hall–Kier alpha value is -0.160. The van der Waals surface area contributed by atoms with Crippen LogP contribution in [0.3, 0.4) is 0 Å². The number of methoxy groups -OCH3 is 1. The van der Waals surface area contributed by atoms with Gasteiger partial charge in [0, 0.05) is 45.9 Å². The molecule has 0 aromatic rings. The van der Waals surface area contributed by atoms with E-state index in [2.05, 4.69) is 17.1 Å². The second-order valence-corrected chi connectivity index (χ2v) is 4.12. The molecule has 0 aromatic carbocycles. The summed E-state index contributed by atoms with van der Waals surface area (Å²) in [6.45, 7) is 9.11. The molecule has 90 valence electrons. The summed E-state index contributed by atoms with van der Waals surface area (Å²) in [6.07, 6.45) is 1.16. The minimum absolute atomic E-state index is 0.443. The summed E-state index contributed by atoms with van der Waals surface area (Å²) in [5, 5.41) is 3.44. The van der Waals surface area contributed by atoms with E-state index in [-0.39, 0.29) is 0 Å². The SMILES string of the molecule is COCC(C)NCCN1CCCOCC1. The first-order valence-electron chi connectivity index (χ1n) is 5.85. The molecule has 4 heteroatoms. The minimum atomic E-state index is 0.443. The molecule has 0 radical (unpaired) electrons. The lowest BCUT2D eigenvalue weighted by atomic mass is 10.3. The van der Waals surface area contributed by atoms with Gasteiger partial charge in [-0.3, -0.25) is 4.90 Å². The number of nitrogens with zero attached hydrogens (tertiary/aromatic N) is 1. The maximum Gasteiger partial charge on any atom is 0.0613 e. The van der Waals surface area contributed by atoms with Crippen LogP contribution in [0.4, 0.5) is 0 Å². The Kier molecular flexibility index (Phi) is 6.92. The summed E-state index contributed by atoms with van der Waals surface area (Å²) >= 11 is 0. The van der Waals surface area contributed by atoms with Crippen molar-refractivity contribution in [3.63, 3.8) is 0 Å². The first-order chi connectivity index (χ1) is 7.33. The zero-order valence-corrected chi connectivity index (χ0v) is 10.00. The van der Waals surface area contributed by atoms with Gasteiger partial charge >= 0.3 is 0 Å². The molecule has 1 N–H and O–H groups in total. The van der Waals surface area contributed by atoms with Gasteiger partial charge in [-0.05, 0) is 13.3 Å². The molecule has 0 aliphatic carbocycles. The van der Waals surface area contributed by atoms with Gasteiger partial charge in [0.15, 0.2) is 0 Å². The Labute approximate surface area is 92.9 Å². The van der Waals surface area contributed by atoms with Gasteiger partial charge in [-0.1, -0.05) is 0 Å². The number of rotatable bonds is 6. The van der Waals surface area contributed by atoms with Gasteiger partial charge in [-0.2, -0.15) is 0 Å². The average molecular weight is 216 g/mol. The van der Waals surface area contributed by atoms with Crippen LogP contribution < -0.4 is 5.32 Å². The highest BCUT2D eigenvalue weighted by Gasteiger charge is 2.08. The predicted molar refractivity (Wildman–Crippen MR) is 61.2 cm³/mol. The van der Waals surface area contributed by atoms with Crippen molar-refractivity contribution < 1.29 is 9.47 Å². The molecule has 4 nitrogen and oxygen atoms in total. The van der Waals surface area contributed by atoms with Crippen molar-refractivity contribution >= 4 is 0 Å². The predicted octanol–water partition coefficient (Wildman–Crippen LogP) is 0.333. The van der Waals surface area contributed by atoms with Crippen molar-refractivity contribution in [2.75, 3.05) is 53.1 Å². The molecule has 0 saturated carbocycles. The molecule has 1 aliphatic rings. The summed E-state index contributed by atoms with van der Waals surface area (Å²) in [4.78, 5) is 2.46. The first-order valence-corrected chi connectivity index (χ1v) is 5.85. The molecule has 1 rings (SSSR count). The Morgan fingerprint density at radius 3 is 3.07 bits per heavy atom. The van der Waals surface area contributed by atoms with E-state index in [0.29, 0.717) is 6.04 Å². The lowest BCUT2D eigenvalue weighted by Crippen LogP contribution is -2.38. The van der Waals surface area contributed by atoms with E-state index in [1.165, 1.54) is 6.54 Å². The molecule has 1 fully saturated rings. The summed E-state index contributed by atoms with van der Waals surface area (Å²) in [6, 6.07) is 0.443. The Bertz CT molecular complexity index is 148. The third kappa shape index (κ3) is 6.10. The van der Waals surface area contributed by atoms with Gasteiger partial charge in [-0.25, -0.2) is 0 Å². The van der Waals surface area contributed by atoms with Gasteiger partial charge in [0.2, 0.25) is 0 Å². The van der Waals surface area contributed by atoms with E-state index in [0.717, 1.165) is 45.9 Å². The van der Waals surface area contributed by atoms with Crippen LogP contribution in [0.15, 0.2) is 0 Å². The Morgan fingerprint density at radius 2 is 2.27 bits per heavy atom. The van der Waals surface area contributed by atoms with Crippen molar-refractivity contribution in [2.24, 2.45) is 0 Å². The van der Waals surface area contributed by atoms with Crippen LogP contribution in [0.25, 0.3) is 0 Å². The number of hydrogen-bond acceptors (Lipinski definition) is 4. The van der Waals surface area contributed by atoms with Gasteiger partial charge in [0.1, 0.15) is 0 Å². The highest BCUT2D eigenvalue weighted by Crippen LogP contribution is 1.97. The van der Waals surface area contributed by atoms with E-state index in [4.69, 9.17) is 9.47 Å². The fourth-order valence-electron chi connectivity index (χ4n) is 1.80. The third-order valence-electron chi connectivity index (χ3n) is 2.65. The second-order valence-electron chi connectivity index (χ2n) is 4.12. The zero-order chi connectivity index (χ0) is 10.9. The van der Waals surface area contributed by atoms with E-state index in [9.17, 15) is 0 Å². The molecule has 1 atom stereocenters. The van der Waals surface area contributed by atoms with Crippen molar-refractivity contribution in [1.29, 1.82) is 0 Å². The molecule has 0 amide bonds. The summed E-state index contributed by atoms with van der Waals surface area (Å²) in [5.74, 6) is 0. The van der Waals surface area contributed by atoms with Crippen molar-refractivity contribution in [3.05, 3.63) is 0 Å². The van der Waals surface area contributed by atoms with Gasteiger partial charge in [0.05, 0.1) is 13.2 Å². The quantitative estimate of drug-likeness (QED) is 0.694. The molecule has 0 bridgehead atoms. The first kappa shape index (κ1) is 12.9. The number of ether oxygens (including phenoxy) is 2. The smallest absolute Gasteiger partial charge is 0.0613 e. The molecule has 15 heavy (non-hydrogen) atoms. The Morgan fingerprint density at radius 1 is 1.40 bits per heavy atom. The molecular formula is C11H24N2O2. The van der Waals surface area contributed by atoms with Crippen molar-refractivity contribution in [3.8, 4) is 0 Å². The van der Waals surface area contributed by atoms with E-state index >= 15 is 0 Å². The second kappa shape index (κ2) is 8.05. The molecule has 1 aliphatic heterocycles. The third-order valence-corrected chi connectivity index (χ3v) is 2.65. The van der Waals surface area contributed by atoms with E-state index in [1.54, 1.807) is 7.11 Å². The summed E-state index contributed by atoms with van der Waals surface area (Å²) in [5.41, 5.74) is 0. The molecule has 0 aromatic heterocycles.